The Bertz CT molecular complexity index is 1290. The molecule has 2 N–H and O–H groups in total. The number of ether oxygens (including phenoxy) is 1. The van der Waals surface area contributed by atoms with Crippen molar-refractivity contribution >= 4 is 35.5 Å². The number of fused-ring (bicyclic) bond motifs is 2. The number of hydrogen-bond donors (Lipinski definition) is 2. The average molecular weight is 635 g/mol. The molecule has 0 aliphatic carbocycles. The van der Waals surface area contributed by atoms with Gasteiger partial charge in [0.15, 0.2) is 0 Å². The molecule has 0 spiro atoms. The Morgan fingerprint density at radius 2 is 1.78 bits per heavy atom. The monoisotopic (exact) mass is 634 g/mol. The average Bonchev–Trinajstić information content (AvgIpc) is 3.39. The highest BCUT2D eigenvalue weighted by Gasteiger charge is 2.38. The number of halogens is 1. The zero-order valence-electron chi connectivity index (χ0n) is 26.5. The van der Waals surface area contributed by atoms with Crippen LogP contribution >= 0.6 is 0 Å². The second-order valence-electron chi connectivity index (χ2n) is 11.8. The summed E-state index contributed by atoms with van der Waals surface area (Å²) in [5.74, 6) is -4.11. The van der Waals surface area contributed by atoms with Crippen LogP contribution in [0.15, 0.2) is 18.2 Å². The van der Waals surface area contributed by atoms with Gasteiger partial charge in [-0.3, -0.25) is 28.8 Å². The van der Waals surface area contributed by atoms with E-state index in [2.05, 4.69) is 5.32 Å². The van der Waals surface area contributed by atoms with E-state index < -0.39 is 53.5 Å². The lowest BCUT2D eigenvalue weighted by Crippen LogP contribution is -2.50. The lowest BCUT2D eigenvalue weighted by atomic mass is 10.1. The maximum absolute atomic E-state index is 14.4. The molecule has 14 nitrogen and oxygen atoms in total. The van der Waals surface area contributed by atoms with Crippen LogP contribution in [0, 0.1) is 5.82 Å². The predicted octanol–water partition coefficient (Wildman–Crippen LogP) is -0.132. The van der Waals surface area contributed by atoms with E-state index >= 15 is 0 Å². The maximum Gasteiger partial charge on any atom is 0.303 e. The molecule has 1 fully saturated rings. The number of likely N-dealkylation sites (N-methyl/N-ethyl adjacent to an activating group) is 4. The van der Waals surface area contributed by atoms with Gasteiger partial charge < -0.3 is 39.7 Å². The quantitative estimate of drug-likeness (QED) is 0.397. The van der Waals surface area contributed by atoms with Crippen LogP contribution in [0.4, 0.5) is 4.39 Å². The van der Waals surface area contributed by atoms with Crippen LogP contribution in [0.25, 0.3) is 0 Å². The molecule has 15 heteroatoms. The Kier molecular flexibility index (Phi) is 12.2. The first-order valence-corrected chi connectivity index (χ1v) is 14.8. The normalized spacial score (nSPS) is 21.4. The molecular weight excluding hydrogens is 591 g/mol. The standard InChI is InChI=1S/C30H43FN6O8/c1-33(2)12-13-34(3)30(44)23-7-10-26(39)35(4)17-27(40)37-16-20(32-25(38)9-11-28(41)42)15-21(37)18-45-24-8-6-19(31)14-22(24)29(43)36(23)5/h6,8,14,20-21,23H,7,9-13,15-18H2,1-5H3,(H,32,38)(H,41,42)/t20-,21-,23-/m0/s1. The molecule has 1 aromatic rings. The zero-order valence-corrected chi connectivity index (χ0v) is 26.5. The first-order chi connectivity index (χ1) is 21.2. The highest BCUT2D eigenvalue weighted by molar-refractivity contribution is 5.99. The number of carbonyl (C=O) groups excluding carboxylic acids is 5. The summed E-state index contributed by atoms with van der Waals surface area (Å²) in [6.45, 7) is 0.659. The Morgan fingerprint density at radius 3 is 2.44 bits per heavy atom. The fourth-order valence-electron chi connectivity index (χ4n) is 5.35. The van der Waals surface area contributed by atoms with Gasteiger partial charge in [-0.2, -0.15) is 0 Å². The number of carbonyl (C=O) groups is 6. The van der Waals surface area contributed by atoms with E-state index in [1.165, 1.54) is 39.8 Å². The van der Waals surface area contributed by atoms with E-state index in [0.717, 1.165) is 12.1 Å². The minimum atomic E-state index is -1.11. The molecule has 0 unspecified atom stereocenters. The van der Waals surface area contributed by atoms with Crippen molar-refractivity contribution in [2.75, 3.05) is 68.0 Å². The van der Waals surface area contributed by atoms with Crippen molar-refractivity contribution in [2.45, 2.75) is 50.2 Å². The first-order valence-electron chi connectivity index (χ1n) is 14.8. The number of rotatable bonds is 8. The molecule has 3 rings (SSSR count). The summed E-state index contributed by atoms with van der Waals surface area (Å²) in [5, 5.41) is 11.6. The fraction of sp³-hybridized carbons (Fsp3) is 0.600. The van der Waals surface area contributed by atoms with Gasteiger partial charge in [0.25, 0.3) is 5.91 Å². The van der Waals surface area contributed by atoms with E-state index in [4.69, 9.17) is 9.84 Å². The minimum Gasteiger partial charge on any atom is -0.491 e. The van der Waals surface area contributed by atoms with Gasteiger partial charge in [0, 0.05) is 59.7 Å². The van der Waals surface area contributed by atoms with Gasteiger partial charge >= 0.3 is 5.97 Å². The molecule has 5 amide bonds. The Labute approximate surface area is 262 Å². The summed E-state index contributed by atoms with van der Waals surface area (Å²) >= 11 is 0. The first kappa shape index (κ1) is 35.2. The molecule has 2 aliphatic heterocycles. The summed E-state index contributed by atoms with van der Waals surface area (Å²) in [7, 11) is 8.23. The van der Waals surface area contributed by atoms with Gasteiger partial charge in [-0.1, -0.05) is 0 Å². The van der Waals surface area contributed by atoms with Crippen LogP contribution in [-0.4, -0.2) is 151 Å². The van der Waals surface area contributed by atoms with Crippen molar-refractivity contribution in [3.63, 3.8) is 0 Å². The molecule has 2 aliphatic rings. The van der Waals surface area contributed by atoms with Gasteiger partial charge in [-0.05, 0) is 45.1 Å². The molecule has 0 saturated carbocycles. The van der Waals surface area contributed by atoms with Crippen LogP contribution in [0.2, 0.25) is 0 Å². The summed E-state index contributed by atoms with van der Waals surface area (Å²) < 4.78 is 20.5. The molecule has 0 bridgehead atoms. The van der Waals surface area contributed by atoms with Gasteiger partial charge in [0.05, 0.1) is 24.6 Å². The number of hydrogen-bond acceptors (Lipinski definition) is 8. The summed E-state index contributed by atoms with van der Waals surface area (Å²) in [4.78, 5) is 84.4. The third kappa shape index (κ3) is 9.61. The Morgan fingerprint density at radius 1 is 1.07 bits per heavy atom. The minimum absolute atomic E-state index is 0.0347. The second-order valence-corrected chi connectivity index (χ2v) is 11.8. The van der Waals surface area contributed by atoms with Crippen LogP contribution in [0.1, 0.15) is 42.5 Å². The van der Waals surface area contributed by atoms with Crippen molar-refractivity contribution in [3.8, 4) is 5.75 Å². The van der Waals surface area contributed by atoms with E-state index in [0.29, 0.717) is 13.1 Å². The molecular formula is C30H43FN6O8. The molecule has 0 radical (unpaired) electrons. The molecule has 1 aromatic carbocycles. The number of carboxylic acid groups (broad SMARTS) is 1. The topological polar surface area (TPSA) is 160 Å². The number of aliphatic carboxylic acids is 1. The van der Waals surface area contributed by atoms with Crippen LogP contribution in [-0.2, 0) is 24.0 Å². The number of nitrogens with zero attached hydrogens (tertiary/aromatic N) is 5. The SMILES string of the molecule is CN(C)CCN(C)C(=O)[C@@H]1CCC(=O)N(C)CC(=O)N2C[C@@H](NC(=O)CCC(=O)O)C[C@H]2COc2ccc(F)cc2C(=O)N1C. The van der Waals surface area contributed by atoms with E-state index in [-0.39, 0.29) is 69.0 Å². The highest BCUT2D eigenvalue weighted by Crippen LogP contribution is 2.26. The third-order valence-corrected chi connectivity index (χ3v) is 8.03. The van der Waals surface area contributed by atoms with Crippen molar-refractivity contribution in [3.05, 3.63) is 29.6 Å². The molecule has 0 aromatic heterocycles. The molecule has 2 heterocycles. The highest BCUT2D eigenvalue weighted by atomic mass is 19.1. The van der Waals surface area contributed by atoms with Crippen molar-refractivity contribution in [1.29, 1.82) is 0 Å². The molecule has 1 saturated heterocycles. The number of benzene rings is 1. The second kappa shape index (κ2) is 15.6. The number of carboxylic acids is 1. The summed E-state index contributed by atoms with van der Waals surface area (Å²) in [5.41, 5.74) is -0.126. The van der Waals surface area contributed by atoms with E-state index in [9.17, 15) is 33.2 Å². The lowest BCUT2D eigenvalue weighted by Gasteiger charge is -2.32. The van der Waals surface area contributed by atoms with Gasteiger partial charge in [0.2, 0.25) is 23.6 Å². The number of nitrogens with one attached hydrogen (secondary N) is 1. The fourth-order valence-corrected chi connectivity index (χ4v) is 5.35. The zero-order chi connectivity index (χ0) is 33.4. The maximum atomic E-state index is 14.4. The van der Waals surface area contributed by atoms with Crippen LogP contribution in [0.5, 0.6) is 5.75 Å². The van der Waals surface area contributed by atoms with Crippen molar-refractivity contribution < 1.29 is 43.0 Å². The van der Waals surface area contributed by atoms with Crippen LogP contribution in [0.3, 0.4) is 0 Å². The smallest absolute Gasteiger partial charge is 0.303 e. The van der Waals surface area contributed by atoms with Crippen molar-refractivity contribution in [1.82, 2.24) is 29.8 Å². The molecule has 45 heavy (non-hydrogen) atoms. The van der Waals surface area contributed by atoms with Crippen molar-refractivity contribution in [2.24, 2.45) is 0 Å². The third-order valence-electron chi connectivity index (χ3n) is 8.03. The largest absolute Gasteiger partial charge is 0.491 e. The van der Waals surface area contributed by atoms with Gasteiger partial charge in [0.1, 0.15) is 24.2 Å². The Balaban J connectivity index is 1.92. The lowest BCUT2D eigenvalue weighted by molar-refractivity contribution is -0.141. The van der Waals surface area contributed by atoms with Gasteiger partial charge in [-0.15, -0.1) is 0 Å². The molecule has 3 atom stereocenters. The predicted molar refractivity (Wildman–Crippen MR) is 160 cm³/mol. The molecule has 248 valence electrons. The van der Waals surface area contributed by atoms with E-state index in [1.54, 1.807) is 7.05 Å². The summed E-state index contributed by atoms with van der Waals surface area (Å²) in [6, 6.07) is 1.33. The Hall–Kier alpha value is -4.27. The van der Waals surface area contributed by atoms with Crippen LogP contribution < -0.4 is 10.1 Å². The summed E-state index contributed by atoms with van der Waals surface area (Å²) in [6.07, 6.45) is -0.468. The number of amides is 5. The van der Waals surface area contributed by atoms with E-state index in [1.807, 2.05) is 19.0 Å². The van der Waals surface area contributed by atoms with Gasteiger partial charge in [-0.25, -0.2) is 4.39 Å².